The van der Waals surface area contributed by atoms with Crippen LogP contribution in [0, 0.1) is 6.92 Å². The first-order valence-corrected chi connectivity index (χ1v) is 8.94. The summed E-state index contributed by atoms with van der Waals surface area (Å²) in [6, 6.07) is 18.3. The van der Waals surface area contributed by atoms with Crippen molar-refractivity contribution in [3.63, 3.8) is 0 Å². The molecule has 0 heterocycles. The number of carbonyl (C=O) groups is 1. The second-order valence-corrected chi connectivity index (χ2v) is 6.27. The van der Waals surface area contributed by atoms with E-state index < -0.39 is 0 Å². The number of benzene rings is 2. The van der Waals surface area contributed by atoms with E-state index in [0.29, 0.717) is 6.54 Å². The van der Waals surface area contributed by atoms with E-state index in [9.17, 15) is 4.79 Å². The van der Waals surface area contributed by atoms with Crippen molar-refractivity contribution in [3.05, 3.63) is 71.3 Å². The fourth-order valence-corrected chi connectivity index (χ4v) is 2.51. The highest BCUT2D eigenvalue weighted by Crippen LogP contribution is 2.06. The van der Waals surface area contributed by atoms with E-state index in [-0.39, 0.29) is 12.5 Å². The monoisotopic (exact) mass is 352 g/mol. The van der Waals surface area contributed by atoms with E-state index in [2.05, 4.69) is 46.8 Å². The first kappa shape index (κ1) is 19.5. The molecule has 0 aliphatic rings. The van der Waals surface area contributed by atoms with E-state index >= 15 is 0 Å². The Balaban J connectivity index is 1.89. The highest BCUT2D eigenvalue weighted by atomic mass is 16.1. The average Bonchev–Trinajstić information content (AvgIpc) is 2.66. The van der Waals surface area contributed by atoms with Gasteiger partial charge in [-0.25, -0.2) is 4.99 Å². The Morgan fingerprint density at radius 1 is 1.00 bits per heavy atom. The first-order chi connectivity index (χ1) is 12.6. The summed E-state index contributed by atoms with van der Waals surface area (Å²) in [5.41, 5.74) is 3.53. The minimum absolute atomic E-state index is 0.0898. The number of guanidine groups is 1. The fraction of sp³-hybridized carbons (Fsp3) is 0.333. The number of nitrogens with zero attached hydrogens (tertiary/aromatic N) is 2. The number of hydrogen-bond donors (Lipinski definition) is 2. The third-order valence-electron chi connectivity index (χ3n) is 3.94. The minimum atomic E-state index is -0.0898. The van der Waals surface area contributed by atoms with Gasteiger partial charge in [0, 0.05) is 26.7 Å². The molecule has 5 nitrogen and oxygen atoms in total. The second-order valence-electron chi connectivity index (χ2n) is 6.27. The molecule has 0 fully saturated rings. The fourth-order valence-electron chi connectivity index (χ4n) is 2.51. The largest absolute Gasteiger partial charge is 0.357 e. The van der Waals surface area contributed by atoms with Crippen LogP contribution in [-0.2, 0) is 17.9 Å². The van der Waals surface area contributed by atoms with Crippen LogP contribution in [0.1, 0.15) is 23.6 Å². The molecule has 2 aromatic rings. The summed E-state index contributed by atoms with van der Waals surface area (Å²) in [6.45, 7) is 6.20. The Kier molecular flexibility index (Phi) is 7.68. The van der Waals surface area contributed by atoms with Gasteiger partial charge in [0.2, 0.25) is 5.91 Å². The molecular formula is C21H28N4O. The standard InChI is InChI=1S/C21H28N4O/c1-4-22-21(25(3)16-19-12-10-17(2)11-13-19)24-15-20(26)23-14-18-8-6-5-7-9-18/h5-13H,4,14-16H2,1-3H3,(H,22,24)(H,23,26). The van der Waals surface area contributed by atoms with E-state index in [1.807, 2.05) is 49.2 Å². The van der Waals surface area contributed by atoms with Crippen molar-refractivity contribution in [1.29, 1.82) is 0 Å². The van der Waals surface area contributed by atoms with Crippen LogP contribution < -0.4 is 10.6 Å². The molecule has 0 aliphatic carbocycles. The predicted octanol–water partition coefficient (Wildman–Crippen LogP) is 2.71. The van der Waals surface area contributed by atoms with Gasteiger partial charge in [-0.15, -0.1) is 0 Å². The SMILES string of the molecule is CCNC(=NCC(=O)NCc1ccccc1)N(C)Cc1ccc(C)cc1. The Bertz CT molecular complexity index is 711. The van der Waals surface area contributed by atoms with Gasteiger partial charge < -0.3 is 15.5 Å². The van der Waals surface area contributed by atoms with Crippen LogP contribution in [0.5, 0.6) is 0 Å². The maximum Gasteiger partial charge on any atom is 0.242 e. The van der Waals surface area contributed by atoms with Crippen LogP contribution in [0.15, 0.2) is 59.6 Å². The Labute approximate surface area is 156 Å². The number of carbonyl (C=O) groups excluding carboxylic acids is 1. The highest BCUT2D eigenvalue weighted by Gasteiger charge is 2.08. The molecule has 0 saturated carbocycles. The zero-order valence-electron chi connectivity index (χ0n) is 15.8. The van der Waals surface area contributed by atoms with Crippen LogP contribution in [0.4, 0.5) is 0 Å². The third-order valence-corrected chi connectivity index (χ3v) is 3.94. The van der Waals surface area contributed by atoms with E-state index in [4.69, 9.17) is 0 Å². The lowest BCUT2D eigenvalue weighted by Crippen LogP contribution is -2.39. The van der Waals surface area contributed by atoms with Crippen molar-refractivity contribution in [2.75, 3.05) is 20.1 Å². The Morgan fingerprint density at radius 3 is 2.35 bits per heavy atom. The second kappa shape index (κ2) is 10.2. The minimum Gasteiger partial charge on any atom is -0.357 e. The molecule has 0 bridgehead atoms. The van der Waals surface area contributed by atoms with Crippen molar-refractivity contribution in [3.8, 4) is 0 Å². The van der Waals surface area contributed by atoms with Crippen LogP contribution in [-0.4, -0.2) is 36.9 Å². The molecule has 0 radical (unpaired) electrons. The van der Waals surface area contributed by atoms with Crippen LogP contribution in [0.3, 0.4) is 0 Å². The molecule has 138 valence electrons. The summed E-state index contributed by atoms with van der Waals surface area (Å²) in [5, 5.41) is 6.14. The molecular weight excluding hydrogens is 324 g/mol. The molecule has 2 aromatic carbocycles. The van der Waals surface area contributed by atoms with Gasteiger partial charge in [-0.2, -0.15) is 0 Å². The van der Waals surface area contributed by atoms with E-state index in [1.165, 1.54) is 11.1 Å². The predicted molar refractivity (Wildman–Crippen MR) is 107 cm³/mol. The van der Waals surface area contributed by atoms with Gasteiger partial charge in [0.25, 0.3) is 0 Å². The quantitative estimate of drug-likeness (QED) is 0.595. The average molecular weight is 352 g/mol. The van der Waals surface area contributed by atoms with E-state index in [1.54, 1.807) is 0 Å². The van der Waals surface area contributed by atoms with Crippen molar-refractivity contribution >= 4 is 11.9 Å². The summed E-state index contributed by atoms with van der Waals surface area (Å²) in [7, 11) is 1.98. The molecule has 2 N–H and O–H groups in total. The van der Waals surface area contributed by atoms with E-state index in [0.717, 1.165) is 24.6 Å². The number of hydrogen-bond acceptors (Lipinski definition) is 2. The third kappa shape index (κ3) is 6.59. The molecule has 2 rings (SSSR count). The zero-order chi connectivity index (χ0) is 18.8. The van der Waals surface area contributed by atoms with Crippen molar-refractivity contribution in [2.45, 2.75) is 26.9 Å². The highest BCUT2D eigenvalue weighted by molar-refractivity contribution is 5.84. The van der Waals surface area contributed by atoms with Gasteiger partial charge >= 0.3 is 0 Å². The maximum atomic E-state index is 12.1. The van der Waals surface area contributed by atoms with Gasteiger partial charge in [-0.05, 0) is 25.0 Å². The summed E-state index contributed by atoms with van der Waals surface area (Å²) in [5.74, 6) is 0.635. The number of nitrogens with one attached hydrogen (secondary N) is 2. The topological polar surface area (TPSA) is 56.7 Å². The molecule has 1 amide bonds. The van der Waals surface area contributed by atoms with Crippen molar-refractivity contribution < 1.29 is 4.79 Å². The lowest BCUT2D eigenvalue weighted by molar-refractivity contribution is -0.119. The lowest BCUT2D eigenvalue weighted by atomic mass is 10.1. The number of aryl methyl sites for hydroxylation is 1. The van der Waals surface area contributed by atoms with Gasteiger partial charge in [0.15, 0.2) is 5.96 Å². The van der Waals surface area contributed by atoms with Crippen molar-refractivity contribution in [1.82, 2.24) is 15.5 Å². The Morgan fingerprint density at radius 2 is 1.69 bits per heavy atom. The zero-order valence-corrected chi connectivity index (χ0v) is 15.8. The normalized spacial score (nSPS) is 11.1. The molecule has 0 aromatic heterocycles. The molecule has 0 saturated heterocycles. The van der Waals surface area contributed by atoms with Crippen LogP contribution in [0.25, 0.3) is 0 Å². The smallest absolute Gasteiger partial charge is 0.242 e. The van der Waals surface area contributed by atoms with Gasteiger partial charge in [-0.3, -0.25) is 4.79 Å². The number of amides is 1. The molecule has 0 atom stereocenters. The lowest BCUT2D eigenvalue weighted by Gasteiger charge is -2.22. The Hall–Kier alpha value is -2.82. The maximum absolute atomic E-state index is 12.1. The molecule has 0 unspecified atom stereocenters. The summed E-state index contributed by atoms with van der Waals surface area (Å²) in [4.78, 5) is 18.6. The number of aliphatic imine (C=N–C) groups is 1. The van der Waals surface area contributed by atoms with Crippen LogP contribution >= 0.6 is 0 Å². The summed E-state index contributed by atoms with van der Waals surface area (Å²) in [6.07, 6.45) is 0. The van der Waals surface area contributed by atoms with Crippen molar-refractivity contribution in [2.24, 2.45) is 4.99 Å². The number of rotatable bonds is 7. The van der Waals surface area contributed by atoms with Crippen LogP contribution in [0.2, 0.25) is 0 Å². The van der Waals surface area contributed by atoms with Gasteiger partial charge in [0.05, 0.1) is 0 Å². The first-order valence-electron chi connectivity index (χ1n) is 8.94. The summed E-state index contributed by atoms with van der Waals surface area (Å²) >= 11 is 0. The molecule has 5 heteroatoms. The van der Waals surface area contributed by atoms with Gasteiger partial charge in [-0.1, -0.05) is 60.2 Å². The molecule has 0 aliphatic heterocycles. The molecule has 26 heavy (non-hydrogen) atoms. The summed E-state index contributed by atoms with van der Waals surface area (Å²) < 4.78 is 0. The molecule has 0 spiro atoms. The van der Waals surface area contributed by atoms with Gasteiger partial charge in [0.1, 0.15) is 6.54 Å².